The number of likely N-dealkylation sites (tertiary alicyclic amines) is 1. The maximum absolute atomic E-state index is 12.3. The van der Waals surface area contributed by atoms with E-state index in [0.29, 0.717) is 25.9 Å². The molecule has 0 aromatic carbocycles. The summed E-state index contributed by atoms with van der Waals surface area (Å²) in [5, 5.41) is 9.41. The number of aliphatic hydroxyl groups is 1. The molecule has 0 spiro atoms. The maximum Gasteiger partial charge on any atom is 0.330 e. The quantitative estimate of drug-likeness (QED) is 0.684. The Morgan fingerprint density at radius 2 is 1.84 bits per heavy atom. The third kappa shape index (κ3) is 2.46. The van der Waals surface area contributed by atoms with Gasteiger partial charge in [-0.15, -0.1) is 0 Å². The first-order valence-electron chi connectivity index (χ1n) is 6.16. The van der Waals surface area contributed by atoms with Crippen molar-refractivity contribution >= 4 is 5.91 Å². The molecule has 2 rings (SSSR count). The highest BCUT2D eigenvalue weighted by Crippen LogP contribution is 2.11. The highest BCUT2D eigenvalue weighted by atomic mass is 16.3. The Labute approximate surface area is 109 Å². The molecule has 0 atom stereocenters. The van der Waals surface area contributed by atoms with E-state index in [9.17, 15) is 19.5 Å². The Hall–Kier alpha value is -1.89. The van der Waals surface area contributed by atoms with Crippen LogP contribution < -0.4 is 11.2 Å². The smallest absolute Gasteiger partial charge is 0.330 e. The first-order chi connectivity index (χ1) is 8.91. The zero-order chi connectivity index (χ0) is 14.2. The molecule has 1 aromatic heterocycles. The van der Waals surface area contributed by atoms with Crippen molar-refractivity contribution in [3.8, 4) is 0 Å². The lowest BCUT2D eigenvalue weighted by Crippen LogP contribution is -2.45. The summed E-state index contributed by atoms with van der Waals surface area (Å²) < 4.78 is 2.14. The lowest BCUT2D eigenvalue weighted by atomic mass is 10.1. The molecule has 1 fully saturated rings. The van der Waals surface area contributed by atoms with Crippen LogP contribution in [-0.2, 0) is 14.1 Å². The Balaban J connectivity index is 2.35. The van der Waals surface area contributed by atoms with Gasteiger partial charge in [-0.3, -0.25) is 14.2 Å². The van der Waals surface area contributed by atoms with E-state index >= 15 is 0 Å². The number of hydrogen-bond donors (Lipinski definition) is 1. The minimum absolute atomic E-state index is 0.0130. The van der Waals surface area contributed by atoms with Crippen LogP contribution in [-0.4, -0.2) is 44.2 Å². The molecule has 1 aromatic rings. The Morgan fingerprint density at radius 3 is 2.42 bits per heavy atom. The van der Waals surface area contributed by atoms with Crippen molar-refractivity contribution in [2.45, 2.75) is 18.9 Å². The van der Waals surface area contributed by atoms with E-state index in [1.54, 1.807) is 0 Å². The van der Waals surface area contributed by atoms with E-state index in [-0.39, 0.29) is 17.6 Å². The molecule has 104 valence electrons. The average molecular weight is 267 g/mol. The molecule has 1 aliphatic heterocycles. The van der Waals surface area contributed by atoms with Gasteiger partial charge in [-0.1, -0.05) is 0 Å². The van der Waals surface area contributed by atoms with Gasteiger partial charge < -0.3 is 14.6 Å². The number of nitrogens with zero attached hydrogens (tertiary/aromatic N) is 3. The number of carbonyl (C=O) groups excluding carboxylic acids is 1. The molecule has 0 saturated carbocycles. The van der Waals surface area contributed by atoms with Crippen LogP contribution in [0.2, 0.25) is 0 Å². The number of amides is 1. The summed E-state index contributed by atoms with van der Waals surface area (Å²) in [7, 11) is 2.85. The number of aliphatic hydroxyl groups excluding tert-OH is 1. The molecule has 2 heterocycles. The van der Waals surface area contributed by atoms with Crippen LogP contribution in [0.5, 0.6) is 0 Å². The zero-order valence-electron chi connectivity index (χ0n) is 11.0. The molecule has 1 aliphatic rings. The van der Waals surface area contributed by atoms with Crippen LogP contribution in [0.15, 0.2) is 15.8 Å². The predicted octanol–water partition coefficient (Wildman–Crippen LogP) is -1.32. The van der Waals surface area contributed by atoms with Gasteiger partial charge in [0.15, 0.2) is 0 Å². The van der Waals surface area contributed by atoms with Gasteiger partial charge in [-0.05, 0) is 12.8 Å². The summed E-state index contributed by atoms with van der Waals surface area (Å²) in [5.41, 5.74) is -1.06. The number of carbonyl (C=O) groups is 1. The third-order valence-electron chi connectivity index (χ3n) is 3.43. The molecule has 0 unspecified atom stereocenters. The summed E-state index contributed by atoms with van der Waals surface area (Å²) in [6, 6.07) is 0. The molecule has 7 nitrogen and oxygen atoms in total. The third-order valence-corrected chi connectivity index (χ3v) is 3.43. The Bertz CT molecular complexity index is 608. The van der Waals surface area contributed by atoms with Crippen molar-refractivity contribution in [3.63, 3.8) is 0 Å². The minimum atomic E-state index is -0.584. The maximum atomic E-state index is 12.3. The summed E-state index contributed by atoms with van der Waals surface area (Å²) in [6.45, 7) is 0.845. The molecule has 0 aliphatic carbocycles. The van der Waals surface area contributed by atoms with Gasteiger partial charge in [0.2, 0.25) is 0 Å². The second-order valence-electron chi connectivity index (χ2n) is 4.82. The molecule has 0 bridgehead atoms. The highest BCUT2D eigenvalue weighted by molar-refractivity contribution is 5.93. The monoisotopic (exact) mass is 267 g/mol. The van der Waals surface area contributed by atoms with Crippen molar-refractivity contribution in [2.24, 2.45) is 14.1 Å². The SMILES string of the molecule is Cn1cc(C(=O)N2CCC(O)CC2)c(=O)n(C)c1=O. The van der Waals surface area contributed by atoms with Gasteiger partial charge in [0.25, 0.3) is 11.5 Å². The summed E-state index contributed by atoms with van der Waals surface area (Å²) in [6.07, 6.45) is 1.92. The second-order valence-corrected chi connectivity index (χ2v) is 4.82. The van der Waals surface area contributed by atoms with E-state index in [4.69, 9.17) is 0 Å². The standard InChI is InChI=1S/C12H17N3O4/c1-13-7-9(10(17)14(2)12(13)19)11(18)15-5-3-8(16)4-6-15/h7-8,16H,3-6H2,1-2H3. The number of rotatable bonds is 1. The molecule has 0 radical (unpaired) electrons. The van der Waals surface area contributed by atoms with E-state index in [0.717, 1.165) is 4.57 Å². The Kier molecular flexibility index (Phi) is 3.57. The lowest BCUT2D eigenvalue weighted by Gasteiger charge is -2.29. The largest absolute Gasteiger partial charge is 0.393 e. The normalized spacial score (nSPS) is 16.7. The number of piperidine rings is 1. The summed E-state index contributed by atoms with van der Waals surface area (Å²) >= 11 is 0. The van der Waals surface area contributed by atoms with Crippen molar-refractivity contribution in [3.05, 3.63) is 32.6 Å². The van der Waals surface area contributed by atoms with Gasteiger partial charge in [-0.2, -0.15) is 0 Å². The second kappa shape index (κ2) is 5.00. The molecular formula is C12H17N3O4. The van der Waals surface area contributed by atoms with E-state index < -0.39 is 11.2 Å². The number of aromatic nitrogens is 2. The highest BCUT2D eigenvalue weighted by Gasteiger charge is 2.25. The van der Waals surface area contributed by atoms with Crippen LogP contribution in [0, 0.1) is 0 Å². The van der Waals surface area contributed by atoms with Crippen LogP contribution >= 0.6 is 0 Å². The van der Waals surface area contributed by atoms with Gasteiger partial charge in [0.1, 0.15) is 5.56 Å². The van der Waals surface area contributed by atoms with Crippen LogP contribution in [0.3, 0.4) is 0 Å². The first kappa shape index (κ1) is 13.5. The zero-order valence-corrected chi connectivity index (χ0v) is 11.0. The van der Waals surface area contributed by atoms with Crippen molar-refractivity contribution < 1.29 is 9.90 Å². The van der Waals surface area contributed by atoms with Gasteiger partial charge in [-0.25, -0.2) is 4.79 Å². The number of aryl methyl sites for hydroxylation is 1. The topological polar surface area (TPSA) is 84.5 Å². The summed E-state index contributed by atoms with van der Waals surface area (Å²) in [5.74, 6) is -0.386. The fourth-order valence-corrected chi connectivity index (χ4v) is 2.19. The van der Waals surface area contributed by atoms with E-state index in [2.05, 4.69) is 0 Å². The van der Waals surface area contributed by atoms with Crippen LogP contribution in [0.4, 0.5) is 0 Å². The predicted molar refractivity (Wildman–Crippen MR) is 68.1 cm³/mol. The van der Waals surface area contributed by atoms with Gasteiger partial charge in [0.05, 0.1) is 6.10 Å². The average Bonchev–Trinajstić information content (AvgIpc) is 2.40. The van der Waals surface area contributed by atoms with Crippen LogP contribution in [0.1, 0.15) is 23.2 Å². The van der Waals surface area contributed by atoms with Gasteiger partial charge in [0, 0.05) is 33.4 Å². The van der Waals surface area contributed by atoms with E-state index in [1.807, 2.05) is 0 Å². The molecule has 19 heavy (non-hydrogen) atoms. The van der Waals surface area contributed by atoms with Crippen molar-refractivity contribution in [1.82, 2.24) is 14.0 Å². The van der Waals surface area contributed by atoms with E-state index in [1.165, 1.54) is 29.8 Å². The molecule has 1 amide bonds. The molecular weight excluding hydrogens is 250 g/mol. The fourth-order valence-electron chi connectivity index (χ4n) is 2.19. The number of hydrogen-bond acceptors (Lipinski definition) is 4. The molecule has 1 N–H and O–H groups in total. The minimum Gasteiger partial charge on any atom is -0.393 e. The van der Waals surface area contributed by atoms with Gasteiger partial charge >= 0.3 is 5.69 Å². The first-order valence-corrected chi connectivity index (χ1v) is 6.16. The van der Waals surface area contributed by atoms with Crippen molar-refractivity contribution in [1.29, 1.82) is 0 Å². The van der Waals surface area contributed by atoms with Crippen molar-refractivity contribution in [2.75, 3.05) is 13.1 Å². The summed E-state index contributed by atoms with van der Waals surface area (Å²) in [4.78, 5) is 37.3. The lowest BCUT2D eigenvalue weighted by molar-refractivity contribution is 0.0543. The molecule has 1 saturated heterocycles. The molecule has 7 heteroatoms. The Morgan fingerprint density at radius 1 is 1.26 bits per heavy atom. The van der Waals surface area contributed by atoms with Crippen LogP contribution in [0.25, 0.3) is 0 Å². The fraction of sp³-hybridized carbons (Fsp3) is 0.583.